The summed E-state index contributed by atoms with van der Waals surface area (Å²) in [6.45, 7) is 2.85. The average molecular weight is 165 g/mol. The van der Waals surface area contributed by atoms with Crippen molar-refractivity contribution in [3.05, 3.63) is 24.3 Å². The standard InChI is InChI=1S/C10H13O2/c1-2-3-8-12-10-6-4-9(11)5-7-10/h4,6-7,11H,2-3,8H2,1H3. The lowest BCUT2D eigenvalue weighted by Crippen LogP contribution is -1.95. The zero-order valence-electron chi connectivity index (χ0n) is 7.21. The zero-order valence-corrected chi connectivity index (χ0v) is 7.21. The van der Waals surface area contributed by atoms with Gasteiger partial charge in [0.2, 0.25) is 0 Å². The Morgan fingerprint density at radius 2 is 2.33 bits per heavy atom. The largest absolute Gasteiger partial charge is 0.507 e. The fourth-order valence-corrected chi connectivity index (χ4v) is 0.827. The number of hydrogen-bond donors (Lipinski definition) is 1. The van der Waals surface area contributed by atoms with Crippen LogP contribution in [-0.4, -0.2) is 11.7 Å². The van der Waals surface area contributed by atoms with E-state index in [1.54, 1.807) is 18.2 Å². The second kappa shape index (κ2) is 4.65. The van der Waals surface area contributed by atoms with Crippen LogP contribution in [0.1, 0.15) is 19.8 Å². The van der Waals surface area contributed by atoms with E-state index in [-0.39, 0.29) is 5.75 Å². The van der Waals surface area contributed by atoms with Crippen molar-refractivity contribution in [1.82, 2.24) is 0 Å². The monoisotopic (exact) mass is 165 g/mol. The average Bonchev–Trinajstić information content (AvgIpc) is 2.09. The van der Waals surface area contributed by atoms with E-state index < -0.39 is 0 Å². The summed E-state index contributed by atoms with van der Waals surface area (Å²) >= 11 is 0. The van der Waals surface area contributed by atoms with Gasteiger partial charge in [0.1, 0.15) is 11.5 Å². The smallest absolute Gasteiger partial charge is 0.123 e. The molecule has 0 saturated carbocycles. The molecule has 1 aromatic rings. The SMILES string of the molecule is CCCCOc1c[c]c(O)cc1. The zero-order chi connectivity index (χ0) is 8.81. The molecule has 0 fully saturated rings. The molecule has 0 heterocycles. The lowest BCUT2D eigenvalue weighted by Gasteiger charge is -2.03. The highest BCUT2D eigenvalue weighted by atomic mass is 16.5. The minimum absolute atomic E-state index is 0.151. The number of rotatable bonds is 4. The first kappa shape index (κ1) is 8.91. The predicted molar refractivity (Wildman–Crippen MR) is 47.3 cm³/mol. The van der Waals surface area contributed by atoms with Crippen LogP contribution < -0.4 is 4.74 Å². The van der Waals surface area contributed by atoms with E-state index in [9.17, 15) is 0 Å². The van der Waals surface area contributed by atoms with Crippen LogP contribution >= 0.6 is 0 Å². The third kappa shape index (κ3) is 2.82. The quantitative estimate of drug-likeness (QED) is 0.694. The molecule has 0 amide bonds. The van der Waals surface area contributed by atoms with E-state index >= 15 is 0 Å². The van der Waals surface area contributed by atoms with Crippen LogP contribution in [-0.2, 0) is 0 Å². The molecule has 0 saturated heterocycles. The summed E-state index contributed by atoms with van der Waals surface area (Å²) in [4.78, 5) is 0. The van der Waals surface area contributed by atoms with Crippen molar-refractivity contribution in [2.45, 2.75) is 19.8 Å². The van der Waals surface area contributed by atoms with Crippen molar-refractivity contribution in [2.24, 2.45) is 0 Å². The van der Waals surface area contributed by atoms with Gasteiger partial charge in [-0.05, 0) is 24.6 Å². The van der Waals surface area contributed by atoms with E-state index in [0.29, 0.717) is 0 Å². The molecule has 0 aliphatic rings. The Bertz CT molecular complexity index is 216. The number of phenols is 1. The van der Waals surface area contributed by atoms with Crippen LogP contribution in [0.3, 0.4) is 0 Å². The van der Waals surface area contributed by atoms with Crippen LogP contribution in [0.2, 0.25) is 0 Å². The van der Waals surface area contributed by atoms with Crippen molar-refractivity contribution in [3.63, 3.8) is 0 Å². The van der Waals surface area contributed by atoms with Crippen molar-refractivity contribution in [2.75, 3.05) is 6.61 Å². The van der Waals surface area contributed by atoms with Crippen LogP contribution in [0.4, 0.5) is 0 Å². The molecule has 1 N–H and O–H groups in total. The normalized spacial score (nSPS) is 9.75. The fourth-order valence-electron chi connectivity index (χ4n) is 0.827. The lowest BCUT2D eigenvalue weighted by atomic mass is 10.3. The van der Waals surface area contributed by atoms with Crippen molar-refractivity contribution in [1.29, 1.82) is 0 Å². The summed E-state index contributed by atoms with van der Waals surface area (Å²) < 4.78 is 5.36. The van der Waals surface area contributed by atoms with Crippen molar-refractivity contribution in [3.8, 4) is 11.5 Å². The summed E-state index contributed by atoms with van der Waals surface area (Å²) in [5.41, 5.74) is 0. The van der Waals surface area contributed by atoms with Gasteiger partial charge < -0.3 is 9.84 Å². The van der Waals surface area contributed by atoms with Crippen LogP contribution in [0.5, 0.6) is 11.5 Å². The van der Waals surface area contributed by atoms with Gasteiger partial charge in [0.05, 0.1) is 6.61 Å². The highest BCUT2D eigenvalue weighted by Gasteiger charge is 1.92. The molecule has 0 bridgehead atoms. The summed E-state index contributed by atoms with van der Waals surface area (Å²) in [6.07, 6.45) is 2.18. The maximum atomic E-state index is 8.92. The van der Waals surface area contributed by atoms with Crippen LogP contribution in [0.25, 0.3) is 0 Å². The van der Waals surface area contributed by atoms with Gasteiger partial charge in [-0.3, -0.25) is 0 Å². The van der Waals surface area contributed by atoms with Gasteiger partial charge in [0.25, 0.3) is 0 Å². The highest BCUT2D eigenvalue weighted by molar-refractivity contribution is 5.28. The molecule has 0 unspecified atom stereocenters. The van der Waals surface area contributed by atoms with Gasteiger partial charge in [-0.15, -0.1) is 0 Å². The number of ether oxygens (including phenoxy) is 1. The molecule has 0 aliphatic carbocycles. The van der Waals surface area contributed by atoms with E-state index in [0.717, 1.165) is 25.2 Å². The summed E-state index contributed by atoms with van der Waals surface area (Å²) in [5, 5.41) is 8.92. The lowest BCUT2D eigenvalue weighted by molar-refractivity contribution is 0.309. The van der Waals surface area contributed by atoms with E-state index in [2.05, 4.69) is 13.0 Å². The fraction of sp³-hybridized carbons (Fsp3) is 0.400. The maximum absolute atomic E-state index is 8.92. The maximum Gasteiger partial charge on any atom is 0.123 e. The first-order valence-electron chi connectivity index (χ1n) is 4.16. The Balaban J connectivity index is 2.37. The highest BCUT2D eigenvalue weighted by Crippen LogP contribution is 2.15. The van der Waals surface area contributed by atoms with E-state index in [4.69, 9.17) is 9.84 Å². The summed E-state index contributed by atoms with van der Waals surface area (Å²) in [6, 6.07) is 7.61. The molecule has 0 spiro atoms. The number of aromatic hydroxyl groups is 1. The minimum atomic E-state index is 0.151. The van der Waals surface area contributed by atoms with E-state index in [1.165, 1.54) is 0 Å². The molecular formula is C10H13O2. The predicted octanol–water partition coefficient (Wildman–Crippen LogP) is 2.37. The Labute approximate surface area is 72.8 Å². The minimum Gasteiger partial charge on any atom is -0.507 e. The third-order valence-electron chi connectivity index (χ3n) is 1.53. The van der Waals surface area contributed by atoms with Gasteiger partial charge >= 0.3 is 0 Å². The van der Waals surface area contributed by atoms with Gasteiger partial charge in [-0.25, -0.2) is 0 Å². The molecule has 1 rings (SSSR count). The molecule has 0 atom stereocenters. The van der Waals surface area contributed by atoms with Crippen LogP contribution in [0, 0.1) is 6.07 Å². The van der Waals surface area contributed by atoms with Crippen LogP contribution in [0.15, 0.2) is 18.2 Å². The molecule has 2 heteroatoms. The molecule has 12 heavy (non-hydrogen) atoms. The van der Waals surface area contributed by atoms with Gasteiger partial charge in [0, 0.05) is 6.07 Å². The molecule has 2 nitrogen and oxygen atoms in total. The summed E-state index contributed by atoms with van der Waals surface area (Å²) in [5.74, 6) is 0.916. The molecule has 65 valence electrons. The second-order valence-corrected chi connectivity index (χ2v) is 2.61. The van der Waals surface area contributed by atoms with Crippen molar-refractivity contribution < 1.29 is 9.84 Å². The van der Waals surface area contributed by atoms with Gasteiger partial charge in [-0.2, -0.15) is 0 Å². The molecule has 1 radical (unpaired) electrons. The Morgan fingerprint density at radius 1 is 1.50 bits per heavy atom. The van der Waals surface area contributed by atoms with Gasteiger partial charge in [-0.1, -0.05) is 13.3 Å². The number of benzene rings is 1. The molecular weight excluding hydrogens is 152 g/mol. The number of hydrogen-bond acceptors (Lipinski definition) is 2. The van der Waals surface area contributed by atoms with E-state index in [1.807, 2.05) is 0 Å². The van der Waals surface area contributed by atoms with Gasteiger partial charge in [0.15, 0.2) is 0 Å². The first-order valence-corrected chi connectivity index (χ1v) is 4.16. The second-order valence-electron chi connectivity index (χ2n) is 2.61. The third-order valence-corrected chi connectivity index (χ3v) is 1.53. The Kier molecular flexibility index (Phi) is 3.45. The molecule has 1 aromatic carbocycles. The number of unbranched alkanes of at least 4 members (excludes halogenated alkanes) is 1. The Hall–Kier alpha value is -1.18. The summed E-state index contributed by atoms with van der Waals surface area (Å²) in [7, 11) is 0. The van der Waals surface area contributed by atoms with Crippen molar-refractivity contribution >= 4 is 0 Å². The topological polar surface area (TPSA) is 29.5 Å². The molecule has 0 aromatic heterocycles. The molecule has 0 aliphatic heterocycles. The first-order chi connectivity index (χ1) is 5.83. The Morgan fingerprint density at radius 3 is 2.92 bits per heavy atom. The number of phenolic OH excluding ortho intramolecular Hbond substituents is 1.